The van der Waals surface area contributed by atoms with E-state index in [4.69, 9.17) is 0 Å². The van der Waals surface area contributed by atoms with Gasteiger partial charge in [-0.2, -0.15) is 8.78 Å². The van der Waals surface area contributed by atoms with Crippen molar-refractivity contribution in [3.8, 4) is 16.3 Å². The van der Waals surface area contributed by atoms with Crippen LogP contribution < -0.4 is 4.74 Å². The van der Waals surface area contributed by atoms with Crippen LogP contribution in [0.3, 0.4) is 0 Å². The predicted octanol–water partition coefficient (Wildman–Crippen LogP) is 5.09. The molecule has 0 unspecified atom stereocenters. The van der Waals surface area contributed by atoms with E-state index in [-0.39, 0.29) is 17.1 Å². The molecule has 0 saturated heterocycles. The molecule has 4 nitrogen and oxygen atoms in total. The van der Waals surface area contributed by atoms with Crippen molar-refractivity contribution in [2.24, 2.45) is 0 Å². The Hall–Kier alpha value is -2.32. The van der Waals surface area contributed by atoms with Gasteiger partial charge in [-0.05, 0) is 18.1 Å². The quantitative estimate of drug-likeness (QED) is 0.506. The molecule has 3 aromatic rings. The molecular formula is C20H19F2NO3S2. The van der Waals surface area contributed by atoms with Gasteiger partial charge in [-0.3, -0.25) is 0 Å². The highest BCUT2D eigenvalue weighted by atomic mass is 32.2. The molecule has 0 fully saturated rings. The first-order valence-electron chi connectivity index (χ1n) is 8.63. The van der Waals surface area contributed by atoms with Crippen LogP contribution in [-0.2, 0) is 27.8 Å². The maximum absolute atomic E-state index is 12.6. The third kappa shape index (κ3) is 5.36. The Kier molecular flexibility index (Phi) is 6.41. The van der Waals surface area contributed by atoms with Gasteiger partial charge in [-0.15, -0.1) is 11.3 Å². The van der Waals surface area contributed by atoms with Crippen molar-refractivity contribution >= 4 is 21.2 Å². The second kappa shape index (κ2) is 8.79. The number of halogens is 2. The second-order valence-electron chi connectivity index (χ2n) is 6.21. The van der Waals surface area contributed by atoms with Gasteiger partial charge < -0.3 is 4.74 Å². The Morgan fingerprint density at radius 1 is 1.07 bits per heavy atom. The fourth-order valence-corrected chi connectivity index (χ4v) is 5.08. The molecule has 0 aliphatic rings. The van der Waals surface area contributed by atoms with Crippen molar-refractivity contribution in [1.29, 1.82) is 0 Å². The van der Waals surface area contributed by atoms with Crippen LogP contribution in [-0.4, -0.2) is 20.0 Å². The third-order valence-corrected chi connectivity index (χ3v) is 6.52. The molecule has 3 rings (SSSR count). The van der Waals surface area contributed by atoms with Gasteiger partial charge in [-0.1, -0.05) is 49.4 Å². The largest absolute Gasteiger partial charge is 0.435 e. The van der Waals surface area contributed by atoms with E-state index in [0.717, 1.165) is 17.0 Å². The molecule has 1 aromatic heterocycles. The number of para-hydroxylation sites is 1. The van der Waals surface area contributed by atoms with E-state index in [1.54, 1.807) is 11.4 Å². The Morgan fingerprint density at radius 2 is 1.79 bits per heavy atom. The van der Waals surface area contributed by atoms with Gasteiger partial charge >= 0.3 is 6.61 Å². The van der Waals surface area contributed by atoms with Gasteiger partial charge in [0, 0.05) is 16.5 Å². The smallest absolute Gasteiger partial charge is 0.387 e. The molecule has 0 aliphatic heterocycles. The van der Waals surface area contributed by atoms with Gasteiger partial charge in [0.1, 0.15) is 10.8 Å². The van der Waals surface area contributed by atoms with E-state index < -0.39 is 22.2 Å². The fourth-order valence-electron chi connectivity index (χ4n) is 2.74. The predicted molar refractivity (Wildman–Crippen MR) is 106 cm³/mol. The summed E-state index contributed by atoms with van der Waals surface area (Å²) in [7, 11) is -3.61. The minimum Gasteiger partial charge on any atom is -0.435 e. The number of hydrogen-bond donors (Lipinski definition) is 0. The van der Waals surface area contributed by atoms with Crippen molar-refractivity contribution in [3.63, 3.8) is 0 Å². The normalized spacial score (nSPS) is 11.7. The molecule has 1 heterocycles. The van der Waals surface area contributed by atoms with E-state index in [9.17, 15) is 17.2 Å². The Bertz CT molecular complexity index is 1030. The van der Waals surface area contributed by atoms with E-state index in [0.29, 0.717) is 5.69 Å². The molecular weight excluding hydrogens is 404 g/mol. The average molecular weight is 424 g/mol. The number of aryl methyl sites for hydroxylation is 1. The van der Waals surface area contributed by atoms with E-state index in [2.05, 4.69) is 16.6 Å². The number of alkyl halides is 2. The van der Waals surface area contributed by atoms with Crippen molar-refractivity contribution in [1.82, 2.24) is 4.98 Å². The van der Waals surface area contributed by atoms with Crippen molar-refractivity contribution in [3.05, 3.63) is 70.7 Å². The van der Waals surface area contributed by atoms with Crippen molar-refractivity contribution in [2.75, 3.05) is 0 Å². The maximum Gasteiger partial charge on any atom is 0.387 e. The zero-order valence-electron chi connectivity index (χ0n) is 15.1. The Morgan fingerprint density at radius 3 is 2.46 bits per heavy atom. The van der Waals surface area contributed by atoms with Gasteiger partial charge in [-0.25, -0.2) is 13.4 Å². The lowest BCUT2D eigenvalue weighted by Crippen LogP contribution is -2.11. The Balaban J connectivity index is 1.74. The lowest BCUT2D eigenvalue weighted by atomic mass is 10.1. The molecule has 0 radical (unpaired) electrons. The number of aromatic nitrogens is 1. The summed E-state index contributed by atoms with van der Waals surface area (Å²) in [6, 6.07) is 13.9. The summed E-state index contributed by atoms with van der Waals surface area (Å²) in [6.45, 7) is -0.935. The first-order chi connectivity index (χ1) is 13.4. The minimum absolute atomic E-state index is 0.129. The highest BCUT2D eigenvalue weighted by Crippen LogP contribution is 2.27. The molecule has 148 valence electrons. The number of thiazole rings is 1. The highest BCUT2D eigenvalue weighted by molar-refractivity contribution is 7.89. The maximum atomic E-state index is 12.6. The van der Waals surface area contributed by atoms with Crippen LogP contribution in [0.15, 0.2) is 53.9 Å². The average Bonchev–Trinajstić information content (AvgIpc) is 3.10. The molecule has 0 atom stereocenters. The zero-order valence-corrected chi connectivity index (χ0v) is 16.8. The van der Waals surface area contributed by atoms with Crippen molar-refractivity contribution in [2.45, 2.75) is 31.5 Å². The molecule has 0 aliphatic carbocycles. The number of rotatable bonds is 8. The monoisotopic (exact) mass is 423 g/mol. The van der Waals surface area contributed by atoms with Gasteiger partial charge in [0.25, 0.3) is 0 Å². The standard InChI is InChI=1S/C20H19F2NO3S2/c1-2-14-7-9-15(10-8-14)19-23-17(11-27-19)13-28(24,25)12-16-5-3-4-6-18(16)26-20(21)22/h3-11,20H,2,12-13H2,1H3. The van der Waals surface area contributed by atoms with Gasteiger partial charge in [0.2, 0.25) is 0 Å². The van der Waals surface area contributed by atoms with Crippen LogP contribution in [0.4, 0.5) is 8.78 Å². The third-order valence-electron chi connectivity index (χ3n) is 4.09. The molecule has 0 N–H and O–H groups in total. The molecule has 2 aromatic carbocycles. The number of hydrogen-bond acceptors (Lipinski definition) is 5. The minimum atomic E-state index is -3.61. The van der Waals surface area contributed by atoms with Gasteiger partial charge in [0.15, 0.2) is 9.84 Å². The number of benzene rings is 2. The summed E-state index contributed by atoms with van der Waals surface area (Å²) in [6.07, 6.45) is 0.943. The lowest BCUT2D eigenvalue weighted by molar-refractivity contribution is -0.0503. The Labute approximate surface area is 166 Å². The SMILES string of the molecule is CCc1ccc(-c2nc(CS(=O)(=O)Cc3ccccc3OC(F)F)cs2)cc1. The molecule has 8 heteroatoms. The molecule has 0 spiro atoms. The summed E-state index contributed by atoms with van der Waals surface area (Å²) in [5.74, 6) is -0.788. The first-order valence-corrected chi connectivity index (χ1v) is 11.3. The second-order valence-corrected chi connectivity index (χ2v) is 9.14. The van der Waals surface area contributed by atoms with Gasteiger partial charge in [0.05, 0.1) is 17.2 Å². The van der Waals surface area contributed by atoms with Crippen LogP contribution in [0.1, 0.15) is 23.7 Å². The van der Waals surface area contributed by atoms with E-state index in [1.807, 2.05) is 24.3 Å². The number of nitrogens with zero attached hydrogens (tertiary/aromatic N) is 1. The van der Waals surface area contributed by atoms with Crippen LogP contribution in [0.5, 0.6) is 5.75 Å². The topological polar surface area (TPSA) is 56.3 Å². The molecule has 28 heavy (non-hydrogen) atoms. The van der Waals surface area contributed by atoms with Crippen LogP contribution in [0.2, 0.25) is 0 Å². The summed E-state index contributed by atoms with van der Waals surface area (Å²) in [5, 5.41) is 2.46. The van der Waals surface area contributed by atoms with Crippen molar-refractivity contribution < 1.29 is 21.9 Å². The molecule has 0 saturated carbocycles. The summed E-state index contributed by atoms with van der Waals surface area (Å²) >= 11 is 1.38. The molecule has 0 amide bonds. The summed E-state index contributed by atoms with van der Waals surface area (Å²) in [4.78, 5) is 4.42. The summed E-state index contributed by atoms with van der Waals surface area (Å²) in [5.41, 5.74) is 2.79. The fraction of sp³-hybridized carbons (Fsp3) is 0.250. The molecule has 0 bridgehead atoms. The number of ether oxygens (including phenoxy) is 1. The summed E-state index contributed by atoms with van der Waals surface area (Å²) < 4.78 is 54.6. The van der Waals surface area contributed by atoms with E-state index in [1.165, 1.54) is 35.1 Å². The van der Waals surface area contributed by atoms with Crippen LogP contribution in [0, 0.1) is 0 Å². The zero-order chi connectivity index (χ0) is 20.1. The first kappa shape index (κ1) is 20.4. The van der Waals surface area contributed by atoms with Crippen LogP contribution in [0.25, 0.3) is 10.6 Å². The highest BCUT2D eigenvalue weighted by Gasteiger charge is 2.19. The van der Waals surface area contributed by atoms with E-state index >= 15 is 0 Å². The van der Waals surface area contributed by atoms with Crippen LogP contribution >= 0.6 is 11.3 Å². The number of sulfone groups is 1. The lowest BCUT2D eigenvalue weighted by Gasteiger charge is -2.10.